The third-order valence-electron chi connectivity index (χ3n) is 5.31. The van der Waals surface area contributed by atoms with Crippen molar-refractivity contribution in [1.29, 1.82) is 0 Å². The fourth-order valence-corrected chi connectivity index (χ4v) is 4.01. The van der Waals surface area contributed by atoms with E-state index in [1.165, 1.54) is 19.3 Å². The number of carbonyl (C=O) groups is 1. The van der Waals surface area contributed by atoms with E-state index >= 15 is 0 Å². The molecule has 2 aromatic rings. The Labute approximate surface area is 142 Å². The molecule has 24 heavy (non-hydrogen) atoms. The van der Waals surface area contributed by atoms with E-state index in [1.807, 2.05) is 19.1 Å². The van der Waals surface area contributed by atoms with Crippen molar-refractivity contribution in [2.24, 2.45) is 0 Å². The Balaban J connectivity index is 1.71. The second kappa shape index (κ2) is 6.04. The zero-order valence-electron chi connectivity index (χ0n) is 14.3. The third-order valence-corrected chi connectivity index (χ3v) is 5.31. The summed E-state index contributed by atoms with van der Waals surface area (Å²) in [5, 5.41) is 0. The van der Waals surface area contributed by atoms with Crippen LogP contribution in [0.1, 0.15) is 66.0 Å². The summed E-state index contributed by atoms with van der Waals surface area (Å²) in [6, 6.07) is 4.28. The predicted molar refractivity (Wildman–Crippen MR) is 91.5 cm³/mol. The molecule has 0 bridgehead atoms. The number of Topliss-reactive ketones (excluding diaryl/α,β-unsaturated/α-hetero) is 1. The molecule has 0 spiro atoms. The van der Waals surface area contributed by atoms with Gasteiger partial charge in [-0.15, -0.1) is 0 Å². The molecule has 5 heteroatoms. The van der Waals surface area contributed by atoms with Crippen molar-refractivity contribution in [3.63, 3.8) is 0 Å². The van der Waals surface area contributed by atoms with E-state index in [1.54, 1.807) is 6.26 Å². The van der Waals surface area contributed by atoms with E-state index in [4.69, 9.17) is 9.40 Å². The molecule has 2 aliphatic rings. The number of fused-ring (bicyclic) bond motifs is 1. The van der Waals surface area contributed by atoms with Crippen molar-refractivity contribution in [3.05, 3.63) is 41.1 Å². The Hall–Kier alpha value is -2.17. The van der Waals surface area contributed by atoms with Gasteiger partial charge in [-0.25, -0.2) is 9.97 Å². The lowest BCUT2D eigenvalue weighted by atomic mass is 9.84. The Morgan fingerprint density at radius 2 is 2.12 bits per heavy atom. The van der Waals surface area contributed by atoms with Gasteiger partial charge in [-0.1, -0.05) is 0 Å². The fourth-order valence-electron chi connectivity index (χ4n) is 4.01. The predicted octanol–water partition coefficient (Wildman–Crippen LogP) is 3.67. The molecule has 1 aliphatic carbocycles. The number of nitrogens with zero attached hydrogens (tertiary/aromatic N) is 3. The summed E-state index contributed by atoms with van der Waals surface area (Å²) in [5.41, 5.74) is 2.43. The molecule has 126 valence electrons. The first kappa shape index (κ1) is 15.4. The molecular weight excluding hydrogens is 302 g/mol. The van der Waals surface area contributed by atoms with E-state index in [9.17, 15) is 4.79 Å². The summed E-state index contributed by atoms with van der Waals surface area (Å²) < 4.78 is 5.52. The topological polar surface area (TPSA) is 59.2 Å². The minimum atomic E-state index is 0.0842. The van der Waals surface area contributed by atoms with Crippen molar-refractivity contribution in [2.75, 3.05) is 11.4 Å². The summed E-state index contributed by atoms with van der Waals surface area (Å²) >= 11 is 0. The molecule has 1 aliphatic heterocycles. The monoisotopic (exact) mass is 325 g/mol. The molecule has 0 saturated carbocycles. The minimum absolute atomic E-state index is 0.0842. The SMILES string of the molecule is Cc1nc(N2CCCC[C@H]2C)nc2c1C(=O)C[C@@H](c1ccco1)C2. The number of ketones is 1. The molecule has 0 amide bonds. The van der Waals surface area contributed by atoms with Crippen LogP contribution < -0.4 is 4.90 Å². The second-order valence-corrected chi connectivity index (χ2v) is 7.01. The van der Waals surface area contributed by atoms with Crippen LogP contribution in [0.15, 0.2) is 22.8 Å². The van der Waals surface area contributed by atoms with Gasteiger partial charge in [-0.05, 0) is 45.2 Å². The molecule has 4 rings (SSSR count). The minimum Gasteiger partial charge on any atom is -0.469 e. The van der Waals surface area contributed by atoms with Crippen LogP contribution in [0.5, 0.6) is 0 Å². The molecule has 5 nitrogen and oxygen atoms in total. The highest BCUT2D eigenvalue weighted by molar-refractivity contribution is 5.99. The zero-order valence-corrected chi connectivity index (χ0v) is 14.3. The van der Waals surface area contributed by atoms with Crippen molar-refractivity contribution in [3.8, 4) is 0 Å². The van der Waals surface area contributed by atoms with E-state index in [0.29, 0.717) is 12.5 Å². The van der Waals surface area contributed by atoms with Crippen LogP contribution in [0, 0.1) is 6.92 Å². The first-order valence-corrected chi connectivity index (χ1v) is 8.84. The van der Waals surface area contributed by atoms with Gasteiger partial charge in [0.2, 0.25) is 5.95 Å². The number of aryl methyl sites for hydroxylation is 1. The molecular formula is C19H23N3O2. The molecule has 0 unspecified atom stereocenters. The number of hydrogen-bond donors (Lipinski definition) is 0. The number of hydrogen-bond acceptors (Lipinski definition) is 5. The van der Waals surface area contributed by atoms with Gasteiger partial charge >= 0.3 is 0 Å². The van der Waals surface area contributed by atoms with Crippen LogP contribution in [0.2, 0.25) is 0 Å². The van der Waals surface area contributed by atoms with Gasteiger partial charge in [0.05, 0.1) is 23.2 Å². The number of furan rings is 1. The normalized spacial score (nSPS) is 24.1. The molecule has 0 radical (unpaired) electrons. The quantitative estimate of drug-likeness (QED) is 0.843. The Morgan fingerprint density at radius 1 is 1.25 bits per heavy atom. The van der Waals surface area contributed by atoms with E-state index in [0.717, 1.165) is 41.6 Å². The molecule has 0 aromatic carbocycles. The lowest BCUT2D eigenvalue weighted by Gasteiger charge is -2.34. The highest BCUT2D eigenvalue weighted by Crippen LogP contribution is 2.34. The molecule has 3 heterocycles. The third kappa shape index (κ3) is 2.62. The molecule has 1 saturated heterocycles. The maximum Gasteiger partial charge on any atom is 0.226 e. The van der Waals surface area contributed by atoms with Gasteiger partial charge in [-0.3, -0.25) is 4.79 Å². The van der Waals surface area contributed by atoms with Crippen LogP contribution in [0.4, 0.5) is 5.95 Å². The standard InChI is InChI=1S/C19H23N3O2/c1-12-6-3-4-8-22(12)19-20-13(2)18-15(21-19)10-14(11-16(18)23)17-7-5-9-24-17/h5,7,9,12,14H,3-4,6,8,10-11H2,1-2H3/t12-,14+/m1/s1. The number of rotatable bonds is 2. The van der Waals surface area contributed by atoms with Crippen molar-refractivity contribution in [1.82, 2.24) is 9.97 Å². The van der Waals surface area contributed by atoms with Crippen molar-refractivity contribution < 1.29 is 9.21 Å². The van der Waals surface area contributed by atoms with Gasteiger partial charge in [0.1, 0.15) is 5.76 Å². The lowest BCUT2D eigenvalue weighted by molar-refractivity contribution is 0.0958. The first-order valence-electron chi connectivity index (χ1n) is 8.84. The number of anilines is 1. The highest BCUT2D eigenvalue weighted by atomic mass is 16.3. The highest BCUT2D eigenvalue weighted by Gasteiger charge is 2.32. The Bertz CT molecular complexity index is 754. The van der Waals surface area contributed by atoms with Crippen LogP contribution in [-0.4, -0.2) is 28.3 Å². The molecule has 2 aromatic heterocycles. The first-order chi connectivity index (χ1) is 11.6. The number of aromatic nitrogens is 2. The fraction of sp³-hybridized carbons (Fsp3) is 0.526. The Kier molecular flexibility index (Phi) is 3.87. The summed E-state index contributed by atoms with van der Waals surface area (Å²) in [5.74, 6) is 1.87. The van der Waals surface area contributed by atoms with E-state index < -0.39 is 0 Å². The lowest BCUT2D eigenvalue weighted by Crippen LogP contribution is -2.39. The van der Waals surface area contributed by atoms with E-state index in [2.05, 4.69) is 16.8 Å². The second-order valence-electron chi connectivity index (χ2n) is 7.01. The average Bonchev–Trinajstić information content (AvgIpc) is 3.09. The number of piperidine rings is 1. The van der Waals surface area contributed by atoms with Crippen molar-refractivity contribution in [2.45, 2.75) is 57.9 Å². The Morgan fingerprint density at radius 3 is 2.88 bits per heavy atom. The summed E-state index contributed by atoms with van der Waals surface area (Å²) in [4.78, 5) is 24.4. The summed E-state index contributed by atoms with van der Waals surface area (Å²) in [6.45, 7) is 5.16. The summed E-state index contributed by atoms with van der Waals surface area (Å²) in [6.07, 6.45) is 6.50. The van der Waals surface area contributed by atoms with Gasteiger partial charge in [-0.2, -0.15) is 0 Å². The molecule has 0 N–H and O–H groups in total. The van der Waals surface area contributed by atoms with Gasteiger partial charge in [0.15, 0.2) is 5.78 Å². The molecule has 2 atom stereocenters. The summed E-state index contributed by atoms with van der Waals surface area (Å²) in [7, 11) is 0. The number of carbonyl (C=O) groups excluding carboxylic acids is 1. The van der Waals surface area contributed by atoms with Crippen LogP contribution in [-0.2, 0) is 6.42 Å². The van der Waals surface area contributed by atoms with Gasteiger partial charge in [0, 0.05) is 31.3 Å². The smallest absolute Gasteiger partial charge is 0.226 e. The average molecular weight is 325 g/mol. The van der Waals surface area contributed by atoms with Gasteiger partial charge < -0.3 is 9.32 Å². The van der Waals surface area contributed by atoms with E-state index in [-0.39, 0.29) is 11.7 Å². The van der Waals surface area contributed by atoms with Gasteiger partial charge in [0.25, 0.3) is 0 Å². The van der Waals surface area contributed by atoms with Crippen LogP contribution >= 0.6 is 0 Å². The largest absolute Gasteiger partial charge is 0.469 e. The van der Waals surface area contributed by atoms with Crippen LogP contribution in [0.25, 0.3) is 0 Å². The van der Waals surface area contributed by atoms with Crippen LogP contribution in [0.3, 0.4) is 0 Å². The molecule has 1 fully saturated rings. The zero-order chi connectivity index (χ0) is 16.7. The maximum absolute atomic E-state index is 12.6. The van der Waals surface area contributed by atoms with Crippen molar-refractivity contribution >= 4 is 11.7 Å². The maximum atomic E-state index is 12.6.